The van der Waals surface area contributed by atoms with Gasteiger partial charge in [-0.15, -0.1) is 0 Å². The van der Waals surface area contributed by atoms with E-state index in [-0.39, 0.29) is 29.9 Å². The van der Waals surface area contributed by atoms with Crippen LogP contribution >= 0.6 is 11.6 Å². The van der Waals surface area contributed by atoms with E-state index in [0.29, 0.717) is 17.3 Å². The number of anilines is 1. The van der Waals surface area contributed by atoms with Crippen LogP contribution in [0, 0.1) is 0 Å². The Labute approximate surface area is 163 Å². The van der Waals surface area contributed by atoms with Gasteiger partial charge in [-0.3, -0.25) is 4.79 Å². The number of hydrogen-bond donors (Lipinski definition) is 2. The third-order valence-electron chi connectivity index (χ3n) is 4.25. The largest absolute Gasteiger partial charge is 0.377 e. The van der Waals surface area contributed by atoms with Gasteiger partial charge in [0.1, 0.15) is 0 Å². The van der Waals surface area contributed by atoms with Crippen molar-refractivity contribution < 1.29 is 17.9 Å². The molecule has 0 bridgehead atoms. The summed E-state index contributed by atoms with van der Waals surface area (Å²) in [6, 6.07) is 13.1. The smallest absolute Gasteiger partial charge is 0.240 e. The van der Waals surface area contributed by atoms with Crippen LogP contribution in [-0.2, 0) is 26.0 Å². The average Bonchev–Trinajstić information content (AvgIpc) is 3.16. The van der Waals surface area contributed by atoms with Gasteiger partial charge in [0.25, 0.3) is 0 Å². The number of carbonyl (C=O) groups is 1. The minimum Gasteiger partial charge on any atom is -0.377 e. The summed E-state index contributed by atoms with van der Waals surface area (Å²) in [5.41, 5.74) is 1.38. The Balaban J connectivity index is 1.55. The van der Waals surface area contributed by atoms with Crippen molar-refractivity contribution in [2.45, 2.75) is 30.3 Å². The number of sulfonamides is 1. The zero-order valence-corrected chi connectivity index (χ0v) is 16.2. The van der Waals surface area contributed by atoms with E-state index < -0.39 is 10.0 Å². The van der Waals surface area contributed by atoms with Crippen LogP contribution in [0.4, 0.5) is 5.69 Å². The van der Waals surface area contributed by atoms with E-state index >= 15 is 0 Å². The van der Waals surface area contributed by atoms with Gasteiger partial charge in [0.15, 0.2) is 0 Å². The number of ether oxygens (including phenoxy) is 1. The van der Waals surface area contributed by atoms with Crippen molar-refractivity contribution in [3.05, 3.63) is 59.1 Å². The molecule has 27 heavy (non-hydrogen) atoms. The van der Waals surface area contributed by atoms with Crippen LogP contribution < -0.4 is 10.0 Å². The first-order valence-corrected chi connectivity index (χ1v) is 10.5. The van der Waals surface area contributed by atoms with Crippen molar-refractivity contribution in [3.63, 3.8) is 0 Å². The first-order valence-electron chi connectivity index (χ1n) is 8.68. The number of carbonyl (C=O) groups excluding carboxylic acids is 1. The molecule has 6 nitrogen and oxygen atoms in total. The van der Waals surface area contributed by atoms with E-state index in [1.165, 1.54) is 12.1 Å². The van der Waals surface area contributed by atoms with Crippen LogP contribution in [0.2, 0.25) is 5.02 Å². The summed E-state index contributed by atoms with van der Waals surface area (Å²) in [6.07, 6.45) is 1.96. The van der Waals surface area contributed by atoms with Crippen LogP contribution in [0.15, 0.2) is 53.4 Å². The average molecular weight is 409 g/mol. The Kier molecular flexibility index (Phi) is 6.49. The predicted octanol–water partition coefficient (Wildman–Crippen LogP) is 2.98. The maximum absolute atomic E-state index is 12.3. The molecule has 1 fully saturated rings. The lowest BCUT2D eigenvalue weighted by Gasteiger charge is -2.12. The summed E-state index contributed by atoms with van der Waals surface area (Å²) < 4.78 is 32.6. The highest BCUT2D eigenvalue weighted by Crippen LogP contribution is 2.16. The summed E-state index contributed by atoms with van der Waals surface area (Å²) in [7, 11) is -3.60. The lowest BCUT2D eigenvalue weighted by atomic mass is 10.1. The van der Waals surface area contributed by atoms with Gasteiger partial charge in [0.05, 0.1) is 17.4 Å². The lowest BCUT2D eigenvalue weighted by molar-refractivity contribution is -0.115. The maximum Gasteiger partial charge on any atom is 0.240 e. The molecule has 144 valence electrons. The summed E-state index contributed by atoms with van der Waals surface area (Å²) in [4.78, 5) is 12.3. The highest BCUT2D eigenvalue weighted by Gasteiger charge is 2.20. The van der Waals surface area contributed by atoms with Gasteiger partial charge in [-0.2, -0.15) is 0 Å². The van der Waals surface area contributed by atoms with Crippen LogP contribution in [-0.4, -0.2) is 33.6 Å². The Morgan fingerprint density at radius 3 is 2.44 bits per heavy atom. The van der Waals surface area contributed by atoms with Gasteiger partial charge in [-0.1, -0.05) is 23.7 Å². The quantitative estimate of drug-likeness (QED) is 0.737. The number of benzene rings is 2. The zero-order chi connectivity index (χ0) is 19.3. The lowest BCUT2D eigenvalue weighted by Crippen LogP contribution is -2.31. The molecular formula is C19H21ClN2O4S. The normalized spacial score (nSPS) is 17.0. The van der Waals surface area contributed by atoms with Crippen molar-refractivity contribution in [3.8, 4) is 0 Å². The molecule has 2 aromatic carbocycles. The molecule has 0 saturated carbocycles. The topological polar surface area (TPSA) is 84.5 Å². The Morgan fingerprint density at radius 1 is 1.11 bits per heavy atom. The molecule has 1 aliphatic rings. The Bertz CT molecular complexity index is 877. The van der Waals surface area contributed by atoms with Crippen molar-refractivity contribution in [1.29, 1.82) is 0 Å². The summed E-state index contributed by atoms with van der Waals surface area (Å²) in [6.45, 7) is 0.943. The van der Waals surface area contributed by atoms with Gasteiger partial charge >= 0.3 is 0 Å². The molecule has 1 amide bonds. The standard InChI is InChI=1S/C19H21ClN2O4S/c20-15-5-3-14(4-6-15)12-19(23)22-16-7-9-18(10-8-16)27(24,25)21-13-17-2-1-11-26-17/h3-10,17,21H,1-2,11-13H2,(H,22,23)/t17-/m0/s1. The highest BCUT2D eigenvalue weighted by molar-refractivity contribution is 7.89. The third-order valence-corrected chi connectivity index (χ3v) is 5.94. The van der Waals surface area contributed by atoms with E-state index in [2.05, 4.69) is 10.0 Å². The molecule has 1 heterocycles. The van der Waals surface area contributed by atoms with Gasteiger partial charge in [0.2, 0.25) is 15.9 Å². The van der Waals surface area contributed by atoms with E-state index in [4.69, 9.17) is 16.3 Å². The zero-order valence-electron chi connectivity index (χ0n) is 14.7. The van der Waals surface area contributed by atoms with E-state index in [1.807, 2.05) is 0 Å². The van der Waals surface area contributed by atoms with Crippen LogP contribution in [0.5, 0.6) is 0 Å². The molecule has 2 N–H and O–H groups in total. The molecule has 2 aromatic rings. The molecule has 3 rings (SSSR count). The number of rotatable bonds is 7. The van der Waals surface area contributed by atoms with Crippen LogP contribution in [0.3, 0.4) is 0 Å². The van der Waals surface area contributed by atoms with E-state index in [0.717, 1.165) is 18.4 Å². The SMILES string of the molecule is O=C(Cc1ccc(Cl)cc1)Nc1ccc(S(=O)(=O)NC[C@@H]2CCCO2)cc1. The van der Waals surface area contributed by atoms with Crippen molar-refractivity contribution in [1.82, 2.24) is 4.72 Å². The fraction of sp³-hybridized carbons (Fsp3) is 0.316. The minimum atomic E-state index is -3.60. The predicted molar refractivity (Wildman–Crippen MR) is 104 cm³/mol. The number of hydrogen-bond acceptors (Lipinski definition) is 4. The first-order chi connectivity index (χ1) is 12.9. The monoisotopic (exact) mass is 408 g/mol. The highest BCUT2D eigenvalue weighted by atomic mass is 35.5. The molecule has 1 atom stereocenters. The van der Waals surface area contributed by atoms with Crippen LogP contribution in [0.1, 0.15) is 18.4 Å². The molecule has 1 aliphatic heterocycles. The molecule has 0 unspecified atom stereocenters. The van der Waals surface area contributed by atoms with Crippen LogP contribution in [0.25, 0.3) is 0 Å². The molecule has 0 aliphatic carbocycles. The van der Waals surface area contributed by atoms with Gasteiger partial charge < -0.3 is 10.1 Å². The first kappa shape index (κ1) is 19.8. The van der Waals surface area contributed by atoms with E-state index in [1.54, 1.807) is 36.4 Å². The van der Waals surface area contributed by atoms with Crippen molar-refractivity contribution >= 4 is 33.2 Å². The van der Waals surface area contributed by atoms with Crippen molar-refractivity contribution in [2.75, 3.05) is 18.5 Å². The fourth-order valence-corrected chi connectivity index (χ4v) is 3.99. The second kappa shape index (κ2) is 8.84. The van der Waals surface area contributed by atoms with Gasteiger partial charge in [-0.05, 0) is 54.8 Å². The Hall–Kier alpha value is -1.93. The molecular weight excluding hydrogens is 388 g/mol. The number of nitrogens with one attached hydrogen (secondary N) is 2. The number of amides is 1. The van der Waals surface area contributed by atoms with Gasteiger partial charge in [-0.25, -0.2) is 13.1 Å². The number of halogens is 1. The summed E-state index contributed by atoms with van der Waals surface area (Å²) in [5, 5.41) is 3.37. The summed E-state index contributed by atoms with van der Waals surface area (Å²) >= 11 is 5.83. The molecule has 1 saturated heterocycles. The molecule has 0 spiro atoms. The fourth-order valence-electron chi connectivity index (χ4n) is 2.80. The Morgan fingerprint density at radius 2 is 1.81 bits per heavy atom. The van der Waals surface area contributed by atoms with Gasteiger partial charge in [0, 0.05) is 23.9 Å². The molecule has 0 radical (unpaired) electrons. The minimum absolute atomic E-state index is 0.0637. The maximum atomic E-state index is 12.3. The molecule has 8 heteroatoms. The third kappa shape index (κ3) is 5.77. The second-order valence-electron chi connectivity index (χ2n) is 6.36. The van der Waals surface area contributed by atoms with E-state index in [9.17, 15) is 13.2 Å². The second-order valence-corrected chi connectivity index (χ2v) is 8.57. The van der Waals surface area contributed by atoms with Crippen molar-refractivity contribution in [2.24, 2.45) is 0 Å². The summed E-state index contributed by atoms with van der Waals surface area (Å²) in [5.74, 6) is -0.190. The molecule has 0 aromatic heterocycles.